The summed E-state index contributed by atoms with van der Waals surface area (Å²) in [5.74, 6) is -0.470. The van der Waals surface area contributed by atoms with Crippen LogP contribution in [-0.4, -0.2) is 19.5 Å². The number of H-pyrrole nitrogens is 1. The van der Waals surface area contributed by atoms with Crippen LogP contribution in [0.1, 0.15) is 18.5 Å². The molecule has 2 N–H and O–H groups in total. The number of hydrogen-bond donors (Lipinski definition) is 2. The van der Waals surface area contributed by atoms with E-state index in [1.165, 1.54) is 12.5 Å². The highest BCUT2D eigenvalue weighted by atomic mass is 35.5. The minimum atomic E-state index is -0.525. The first-order valence-electron chi connectivity index (χ1n) is 8.25. The molecule has 0 aliphatic carbocycles. The van der Waals surface area contributed by atoms with Crippen molar-refractivity contribution in [2.75, 3.05) is 5.32 Å². The topological polar surface area (TPSA) is 75.6 Å². The molecule has 136 valence electrons. The lowest BCUT2D eigenvalue weighted by atomic mass is 10.1. The van der Waals surface area contributed by atoms with Crippen molar-refractivity contribution in [2.24, 2.45) is 0 Å². The lowest BCUT2D eigenvalue weighted by molar-refractivity contribution is 0.611. The Hall–Kier alpha value is -3.19. The van der Waals surface area contributed by atoms with E-state index in [2.05, 4.69) is 20.3 Å². The van der Waals surface area contributed by atoms with E-state index in [1.54, 1.807) is 54.2 Å². The van der Waals surface area contributed by atoms with E-state index in [0.717, 1.165) is 5.39 Å². The second-order valence-corrected chi connectivity index (χ2v) is 6.55. The molecule has 3 aromatic heterocycles. The average molecular weight is 384 g/mol. The number of fused-ring (bicyclic) bond motifs is 1. The van der Waals surface area contributed by atoms with Crippen LogP contribution in [0.5, 0.6) is 0 Å². The Balaban J connectivity index is 1.70. The molecule has 4 rings (SSSR count). The third-order valence-electron chi connectivity index (χ3n) is 4.31. The number of nitrogens with one attached hydrogen (secondary N) is 2. The second kappa shape index (κ2) is 6.85. The van der Waals surface area contributed by atoms with Crippen molar-refractivity contribution in [2.45, 2.75) is 13.0 Å². The van der Waals surface area contributed by atoms with Crippen LogP contribution in [0.2, 0.25) is 5.02 Å². The monoisotopic (exact) mass is 383 g/mol. The maximum atomic E-state index is 14.8. The first-order valence-corrected chi connectivity index (χ1v) is 8.62. The fourth-order valence-electron chi connectivity index (χ4n) is 2.93. The molecule has 6 nitrogen and oxygen atoms in total. The first-order chi connectivity index (χ1) is 13.0. The van der Waals surface area contributed by atoms with Gasteiger partial charge in [-0.3, -0.25) is 4.79 Å². The fraction of sp³-hybridized carbons (Fsp3) is 0.105. The Morgan fingerprint density at radius 1 is 1.26 bits per heavy atom. The van der Waals surface area contributed by atoms with E-state index in [0.29, 0.717) is 21.8 Å². The van der Waals surface area contributed by atoms with Crippen LogP contribution in [0.3, 0.4) is 0 Å². The second-order valence-electron chi connectivity index (χ2n) is 6.11. The zero-order valence-electron chi connectivity index (χ0n) is 14.3. The van der Waals surface area contributed by atoms with Crippen molar-refractivity contribution in [1.29, 1.82) is 0 Å². The summed E-state index contributed by atoms with van der Waals surface area (Å²) in [4.78, 5) is 23.2. The zero-order chi connectivity index (χ0) is 19.0. The number of rotatable bonds is 4. The van der Waals surface area contributed by atoms with Crippen molar-refractivity contribution in [3.63, 3.8) is 0 Å². The van der Waals surface area contributed by atoms with Gasteiger partial charge in [-0.2, -0.15) is 0 Å². The van der Waals surface area contributed by atoms with Gasteiger partial charge in [0.25, 0.3) is 5.56 Å². The summed E-state index contributed by atoms with van der Waals surface area (Å²) in [6.45, 7) is 1.77. The summed E-state index contributed by atoms with van der Waals surface area (Å²) >= 11 is 6.03. The Labute approximate surface area is 158 Å². The molecular formula is C19H15ClFN5O. The maximum absolute atomic E-state index is 14.8. The molecule has 3 heterocycles. The Morgan fingerprint density at radius 3 is 2.89 bits per heavy atom. The van der Waals surface area contributed by atoms with Gasteiger partial charge in [-0.15, -0.1) is 0 Å². The number of pyridine rings is 2. The predicted octanol–water partition coefficient (Wildman–Crippen LogP) is 4.07. The summed E-state index contributed by atoms with van der Waals surface area (Å²) in [6, 6.07) is 8.05. The summed E-state index contributed by atoms with van der Waals surface area (Å²) < 4.78 is 16.4. The largest absolute Gasteiger partial charge is 0.361 e. The molecule has 8 heteroatoms. The predicted molar refractivity (Wildman–Crippen MR) is 103 cm³/mol. The van der Waals surface area contributed by atoms with Gasteiger partial charge in [0.2, 0.25) is 0 Å². The van der Waals surface area contributed by atoms with Crippen LogP contribution < -0.4 is 10.9 Å². The zero-order valence-corrected chi connectivity index (χ0v) is 15.0. The van der Waals surface area contributed by atoms with Crippen LogP contribution in [0, 0.1) is 5.82 Å². The number of hydrogen-bond acceptors (Lipinski definition) is 4. The van der Waals surface area contributed by atoms with Crippen molar-refractivity contribution < 1.29 is 4.39 Å². The van der Waals surface area contributed by atoms with Gasteiger partial charge >= 0.3 is 0 Å². The quantitative estimate of drug-likeness (QED) is 0.557. The highest BCUT2D eigenvalue weighted by Crippen LogP contribution is 2.24. The van der Waals surface area contributed by atoms with Gasteiger partial charge in [-0.05, 0) is 37.3 Å². The average Bonchev–Trinajstić information content (AvgIpc) is 3.17. The van der Waals surface area contributed by atoms with Gasteiger partial charge in [0, 0.05) is 40.1 Å². The van der Waals surface area contributed by atoms with Crippen LogP contribution in [0.25, 0.3) is 16.6 Å². The first kappa shape index (κ1) is 17.2. The number of aromatic amines is 1. The van der Waals surface area contributed by atoms with E-state index >= 15 is 0 Å². The molecule has 0 saturated heterocycles. The standard InChI is InChI=1S/C19H15ClFN5O/c1-11(14-9-12-8-13(20)2-3-15(12)25-19(14)27)24-18-17(21)16(4-5-23-18)26-7-6-22-10-26/h2-11H,1H3,(H,23,24)(H,25,27). The molecule has 0 aliphatic heterocycles. The molecule has 0 radical (unpaired) electrons. The van der Waals surface area contributed by atoms with Crippen LogP contribution in [0.15, 0.2) is 60.0 Å². The Morgan fingerprint density at radius 2 is 2.11 bits per heavy atom. The lowest BCUT2D eigenvalue weighted by Crippen LogP contribution is -2.20. The SMILES string of the molecule is CC(Nc1nccc(-n2ccnc2)c1F)c1cc2cc(Cl)ccc2[nH]c1=O. The maximum Gasteiger partial charge on any atom is 0.253 e. The third kappa shape index (κ3) is 3.29. The van der Waals surface area contributed by atoms with Crippen molar-refractivity contribution in [1.82, 2.24) is 19.5 Å². The van der Waals surface area contributed by atoms with Gasteiger partial charge in [-0.1, -0.05) is 11.6 Å². The molecule has 27 heavy (non-hydrogen) atoms. The summed E-state index contributed by atoms with van der Waals surface area (Å²) in [7, 11) is 0. The molecule has 1 aromatic carbocycles. The van der Waals surface area contributed by atoms with Gasteiger partial charge in [0.1, 0.15) is 0 Å². The molecule has 4 aromatic rings. The van der Waals surface area contributed by atoms with Crippen molar-refractivity contribution >= 4 is 28.3 Å². The van der Waals surface area contributed by atoms with E-state index in [-0.39, 0.29) is 11.4 Å². The molecule has 0 saturated carbocycles. The molecular weight excluding hydrogens is 369 g/mol. The van der Waals surface area contributed by atoms with Crippen LogP contribution in [0.4, 0.5) is 10.2 Å². The third-order valence-corrected chi connectivity index (χ3v) is 4.54. The fourth-order valence-corrected chi connectivity index (χ4v) is 3.11. The molecule has 0 spiro atoms. The molecule has 0 bridgehead atoms. The highest BCUT2D eigenvalue weighted by Gasteiger charge is 2.16. The van der Waals surface area contributed by atoms with Gasteiger partial charge in [0.05, 0.1) is 18.1 Å². The normalized spacial score (nSPS) is 12.3. The number of aromatic nitrogens is 4. The van der Waals surface area contributed by atoms with Gasteiger partial charge < -0.3 is 14.9 Å². The van der Waals surface area contributed by atoms with Crippen LogP contribution >= 0.6 is 11.6 Å². The van der Waals surface area contributed by atoms with Gasteiger partial charge in [0.15, 0.2) is 11.6 Å². The minimum absolute atomic E-state index is 0.0549. The minimum Gasteiger partial charge on any atom is -0.361 e. The molecule has 0 aliphatic rings. The van der Waals surface area contributed by atoms with E-state index in [4.69, 9.17) is 11.6 Å². The number of halogens is 2. The molecule has 0 amide bonds. The summed E-state index contributed by atoms with van der Waals surface area (Å²) in [5, 5.41) is 4.34. The molecule has 0 fully saturated rings. The van der Waals surface area contributed by atoms with Gasteiger partial charge in [-0.25, -0.2) is 14.4 Å². The van der Waals surface area contributed by atoms with E-state index in [9.17, 15) is 9.18 Å². The number of imidazole rings is 1. The molecule has 1 atom stereocenters. The van der Waals surface area contributed by atoms with Crippen molar-refractivity contribution in [3.8, 4) is 5.69 Å². The number of benzene rings is 1. The van der Waals surface area contributed by atoms with E-state index < -0.39 is 11.9 Å². The Bertz CT molecular complexity index is 1170. The van der Waals surface area contributed by atoms with Crippen molar-refractivity contribution in [3.05, 3.63) is 82.0 Å². The highest BCUT2D eigenvalue weighted by molar-refractivity contribution is 6.31. The summed E-state index contributed by atoms with van der Waals surface area (Å²) in [5.41, 5.74) is 1.21. The smallest absolute Gasteiger partial charge is 0.253 e. The Kier molecular flexibility index (Phi) is 4.37. The van der Waals surface area contributed by atoms with Crippen LogP contribution in [-0.2, 0) is 0 Å². The van der Waals surface area contributed by atoms with E-state index in [1.807, 2.05) is 0 Å². The number of nitrogens with zero attached hydrogens (tertiary/aromatic N) is 3. The lowest BCUT2D eigenvalue weighted by Gasteiger charge is -2.16. The molecule has 1 unspecified atom stereocenters. The number of anilines is 1. The summed E-state index contributed by atoms with van der Waals surface area (Å²) in [6.07, 6.45) is 6.21.